The number of carbonyl (C=O) groups is 1. The van der Waals surface area contributed by atoms with Crippen LogP contribution in [0.2, 0.25) is 0 Å². The lowest BCUT2D eigenvalue weighted by Gasteiger charge is -2.12. The molecule has 0 aliphatic heterocycles. The van der Waals surface area contributed by atoms with E-state index in [4.69, 9.17) is 4.74 Å². The highest BCUT2D eigenvalue weighted by Crippen LogP contribution is 2.32. The summed E-state index contributed by atoms with van der Waals surface area (Å²) < 4.78 is 18.6. The molecule has 1 heterocycles. The summed E-state index contributed by atoms with van der Waals surface area (Å²) in [6.07, 6.45) is -0.161. The number of aromatic nitrogens is 1. The van der Waals surface area contributed by atoms with Crippen LogP contribution in [0.15, 0.2) is 72.8 Å². The summed E-state index contributed by atoms with van der Waals surface area (Å²) in [5, 5.41) is 14.0. The number of nitrogens with one attached hydrogen (secondary N) is 2. The molecule has 1 aromatic heterocycles. The second-order valence-electron chi connectivity index (χ2n) is 7.63. The predicted octanol–water partition coefficient (Wildman–Crippen LogP) is 4.77. The smallest absolute Gasteiger partial charge is 0.220 e. The molecule has 4 aromatic rings. The fraction of sp³-hybridized carbons (Fsp3) is 0.192. The van der Waals surface area contributed by atoms with Crippen molar-refractivity contribution in [2.24, 2.45) is 0 Å². The Balaban J connectivity index is 1.46. The van der Waals surface area contributed by atoms with E-state index >= 15 is 0 Å². The average molecular weight is 432 g/mol. The summed E-state index contributed by atoms with van der Waals surface area (Å²) in [7, 11) is 1.63. The van der Waals surface area contributed by atoms with Crippen molar-refractivity contribution in [2.45, 2.75) is 18.9 Å². The highest BCUT2D eigenvalue weighted by Gasteiger charge is 2.15. The molecular formula is C26H25FN2O3. The maximum absolute atomic E-state index is 13.3. The number of aliphatic hydroxyl groups excluding tert-OH is 1. The van der Waals surface area contributed by atoms with Crippen LogP contribution in [-0.4, -0.2) is 29.7 Å². The van der Waals surface area contributed by atoms with Gasteiger partial charge in [-0.3, -0.25) is 4.79 Å². The standard InChI is InChI=1S/C26H25FN2O3/c1-32-20-11-9-17(10-12-20)26-22(21-7-2-3-8-23(21)29-26)13-14-25(31)28-16-24(30)18-5-4-6-19(27)15-18/h2-12,15,24,29-30H,13-14,16H2,1H3,(H,28,31). The zero-order chi connectivity index (χ0) is 22.5. The van der Waals surface area contributed by atoms with Crippen molar-refractivity contribution in [3.8, 4) is 17.0 Å². The quantitative estimate of drug-likeness (QED) is 0.376. The number of fused-ring (bicyclic) bond motifs is 1. The molecule has 0 spiro atoms. The fourth-order valence-electron chi connectivity index (χ4n) is 3.83. The second-order valence-corrected chi connectivity index (χ2v) is 7.63. The third-order valence-corrected chi connectivity index (χ3v) is 5.52. The van der Waals surface area contributed by atoms with Crippen LogP contribution < -0.4 is 10.1 Å². The lowest BCUT2D eigenvalue weighted by atomic mass is 10.0. The molecule has 1 amide bonds. The van der Waals surface area contributed by atoms with Gasteiger partial charge >= 0.3 is 0 Å². The largest absolute Gasteiger partial charge is 0.497 e. The number of rotatable bonds is 8. The second kappa shape index (κ2) is 9.66. The number of ether oxygens (including phenoxy) is 1. The zero-order valence-electron chi connectivity index (χ0n) is 17.8. The van der Waals surface area contributed by atoms with Gasteiger partial charge in [-0.15, -0.1) is 0 Å². The summed E-state index contributed by atoms with van der Waals surface area (Å²) >= 11 is 0. The topological polar surface area (TPSA) is 74.4 Å². The first kappa shape index (κ1) is 21.6. The SMILES string of the molecule is COc1ccc(-c2[nH]c3ccccc3c2CCC(=O)NCC(O)c2cccc(F)c2)cc1. The van der Waals surface area contributed by atoms with Gasteiger partial charge in [0.05, 0.1) is 13.2 Å². The number of benzene rings is 3. The fourth-order valence-corrected chi connectivity index (χ4v) is 3.83. The Morgan fingerprint density at radius 1 is 1.09 bits per heavy atom. The molecule has 32 heavy (non-hydrogen) atoms. The van der Waals surface area contributed by atoms with Crippen LogP contribution in [0.3, 0.4) is 0 Å². The maximum Gasteiger partial charge on any atom is 0.220 e. The molecule has 0 aliphatic rings. The third-order valence-electron chi connectivity index (χ3n) is 5.52. The van der Waals surface area contributed by atoms with Crippen LogP contribution >= 0.6 is 0 Å². The van der Waals surface area contributed by atoms with Gasteiger partial charge in [0, 0.05) is 29.6 Å². The Morgan fingerprint density at radius 2 is 1.88 bits per heavy atom. The van der Waals surface area contributed by atoms with Crippen molar-refractivity contribution < 1.29 is 19.0 Å². The Labute approximate surface area is 185 Å². The number of aryl methyl sites for hydroxylation is 1. The Hall–Kier alpha value is -3.64. The Kier molecular flexibility index (Phi) is 6.52. The van der Waals surface area contributed by atoms with Crippen molar-refractivity contribution >= 4 is 16.8 Å². The van der Waals surface area contributed by atoms with Gasteiger partial charge in [-0.25, -0.2) is 4.39 Å². The maximum atomic E-state index is 13.3. The predicted molar refractivity (Wildman–Crippen MR) is 123 cm³/mol. The average Bonchev–Trinajstić information content (AvgIpc) is 3.19. The molecule has 0 aliphatic carbocycles. The Morgan fingerprint density at radius 3 is 2.62 bits per heavy atom. The first-order valence-electron chi connectivity index (χ1n) is 10.5. The van der Waals surface area contributed by atoms with Gasteiger partial charge in [-0.1, -0.05) is 30.3 Å². The minimum absolute atomic E-state index is 0.0293. The number of para-hydroxylation sites is 1. The number of aliphatic hydroxyl groups is 1. The first-order valence-corrected chi connectivity index (χ1v) is 10.5. The summed E-state index contributed by atoms with van der Waals surface area (Å²) in [6.45, 7) is 0.0293. The summed E-state index contributed by atoms with van der Waals surface area (Å²) in [5.74, 6) is 0.187. The number of H-pyrrole nitrogens is 1. The van der Waals surface area contributed by atoms with Crippen LogP contribution in [-0.2, 0) is 11.2 Å². The molecule has 0 fully saturated rings. The number of hydrogen-bond acceptors (Lipinski definition) is 3. The minimum atomic E-state index is -0.961. The summed E-state index contributed by atoms with van der Waals surface area (Å²) in [4.78, 5) is 16.0. The summed E-state index contributed by atoms with van der Waals surface area (Å²) in [6, 6.07) is 21.6. The highest BCUT2D eigenvalue weighted by molar-refractivity contribution is 5.91. The van der Waals surface area contributed by atoms with Crippen molar-refractivity contribution in [1.29, 1.82) is 0 Å². The third kappa shape index (κ3) is 4.81. The number of amides is 1. The molecule has 4 rings (SSSR count). The lowest BCUT2D eigenvalue weighted by Crippen LogP contribution is -2.28. The van der Waals surface area contributed by atoms with Gasteiger partial charge in [-0.05, 0) is 65.6 Å². The van der Waals surface area contributed by atoms with Gasteiger partial charge in [0.25, 0.3) is 0 Å². The molecule has 0 saturated carbocycles. The van der Waals surface area contributed by atoms with E-state index in [2.05, 4.69) is 10.3 Å². The molecule has 6 heteroatoms. The van der Waals surface area contributed by atoms with Crippen molar-refractivity contribution in [2.75, 3.05) is 13.7 Å². The molecule has 3 aromatic carbocycles. The van der Waals surface area contributed by atoms with Crippen LogP contribution in [0.5, 0.6) is 5.75 Å². The molecule has 0 bridgehead atoms. The van der Waals surface area contributed by atoms with Crippen LogP contribution in [0.25, 0.3) is 22.2 Å². The highest BCUT2D eigenvalue weighted by atomic mass is 19.1. The molecule has 0 saturated heterocycles. The van der Waals surface area contributed by atoms with E-state index in [-0.39, 0.29) is 18.9 Å². The molecular weight excluding hydrogens is 407 g/mol. The van der Waals surface area contributed by atoms with E-state index < -0.39 is 11.9 Å². The van der Waals surface area contributed by atoms with Crippen molar-refractivity contribution in [3.05, 3.63) is 89.7 Å². The van der Waals surface area contributed by atoms with Gasteiger partial charge in [-0.2, -0.15) is 0 Å². The van der Waals surface area contributed by atoms with Gasteiger partial charge in [0.1, 0.15) is 11.6 Å². The molecule has 1 atom stereocenters. The zero-order valence-corrected chi connectivity index (χ0v) is 17.8. The normalized spacial score (nSPS) is 12.0. The van der Waals surface area contributed by atoms with Crippen molar-refractivity contribution in [3.63, 3.8) is 0 Å². The van der Waals surface area contributed by atoms with Crippen LogP contribution in [0, 0.1) is 5.82 Å². The number of carbonyl (C=O) groups excluding carboxylic acids is 1. The van der Waals surface area contributed by atoms with Crippen LogP contribution in [0.4, 0.5) is 4.39 Å². The van der Waals surface area contributed by atoms with E-state index in [1.54, 1.807) is 13.2 Å². The minimum Gasteiger partial charge on any atom is -0.497 e. The van der Waals surface area contributed by atoms with E-state index in [1.807, 2.05) is 48.5 Å². The molecule has 164 valence electrons. The van der Waals surface area contributed by atoms with E-state index in [0.717, 1.165) is 33.5 Å². The van der Waals surface area contributed by atoms with E-state index in [0.29, 0.717) is 12.0 Å². The number of halogens is 1. The number of hydrogen-bond donors (Lipinski definition) is 3. The molecule has 0 radical (unpaired) electrons. The molecule has 5 nitrogen and oxygen atoms in total. The number of methoxy groups -OCH3 is 1. The monoisotopic (exact) mass is 432 g/mol. The van der Waals surface area contributed by atoms with Gasteiger partial charge in [0.15, 0.2) is 0 Å². The van der Waals surface area contributed by atoms with E-state index in [1.165, 1.54) is 18.2 Å². The van der Waals surface area contributed by atoms with Gasteiger partial charge in [0.2, 0.25) is 5.91 Å². The summed E-state index contributed by atoms with van der Waals surface area (Å²) in [5.41, 5.74) is 4.49. The van der Waals surface area contributed by atoms with Crippen LogP contribution in [0.1, 0.15) is 23.7 Å². The van der Waals surface area contributed by atoms with Crippen molar-refractivity contribution in [1.82, 2.24) is 10.3 Å². The van der Waals surface area contributed by atoms with E-state index in [9.17, 15) is 14.3 Å². The van der Waals surface area contributed by atoms with Gasteiger partial charge < -0.3 is 20.1 Å². The molecule has 3 N–H and O–H groups in total. The Bertz CT molecular complexity index is 1220. The first-order chi connectivity index (χ1) is 15.5. The lowest BCUT2D eigenvalue weighted by molar-refractivity contribution is -0.121. The molecule has 1 unspecified atom stereocenters. The number of aromatic amines is 1.